The van der Waals surface area contributed by atoms with Gasteiger partial charge in [-0.15, -0.1) is 0 Å². The second-order valence-electron chi connectivity index (χ2n) is 6.74. The summed E-state index contributed by atoms with van der Waals surface area (Å²) in [6.07, 6.45) is 1.54. The van der Waals surface area contributed by atoms with Gasteiger partial charge in [0.05, 0.1) is 13.0 Å². The standard InChI is InChI=1S/C19H26O4/c1-18(2)12-14(21-4)17(22-5)19(3,23-6)16(18)15(20)13-10-8-7-9-11-13/h7-12,16-17H,1-6H3. The summed E-state index contributed by atoms with van der Waals surface area (Å²) in [6.45, 7) is 5.97. The third-order valence-corrected chi connectivity index (χ3v) is 4.84. The van der Waals surface area contributed by atoms with Crippen LogP contribution in [-0.4, -0.2) is 38.8 Å². The van der Waals surface area contributed by atoms with Gasteiger partial charge in [-0.2, -0.15) is 0 Å². The topological polar surface area (TPSA) is 44.8 Å². The molecule has 0 bridgehead atoms. The van der Waals surface area contributed by atoms with Crippen LogP contribution in [0.15, 0.2) is 42.2 Å². The molecule has 0 fully saturated rings. The fourth-order valence-corrected chi connectivity index (χ4v) is 3.81. The molecule has 0 amide bonds. The Balaban J connectivity index is 2.59. The van der Waals surface area contributed by atoms with Crippen LogP contribution in [0.5, 0.6) is 0 Å². The Hall–Kier alpha value is -1.65. The second kappa shape index (κ2) is 6.46. The molecule has 3 unspecified atom stereocenters. The van der Waals surface area contributed by atoms with Gasteiger partial charge in [-0.05, 0) is 18.4 Å². The maximum absolute atomic E-state index is 13.2. The Labute approximate surface area is 138 Å². The van der Waals surface area contributed by atoms with Gasteiger partial charge in [-0.25, -0.2) is 0 Å². The Morgan fingerprint density at radius 2 is 1.65 bits per heavy atom. The van der Waals surface area contributed by atoms with Crippen LogP contribution in [0.4, 0.5) is 0 Å². The molecule has 0 aliphatic heterocycles. The molecule has 1 aliphatic carbocycles. The number of ketones is 1. The molecule has 3 atom stereocenters. The molecule has 1 aliphatic rings. The minimum absolute atomic E-state index is 0.0494. The van der Waals surface area contributed by atoms with E-state index in [0.717, 1.165) is 0 Å². The zero-order chi connectivity index (χ0) is 17.3. The fraction of sp³-hybridized carbons (Fsp3) is 0.526. The quantitative estimate of drug-likeness (QED) is 0.780. The summed E-state index contributed by atoms with van der Waals surface area (Å²) >= 11 is 0. The Bertz CT molecular complexity index is 591. The van der Waals surface area contributed by atoms with Crippen LogP contribution >= 0.6 is 0 Å². The first kappa shape index (κ1) is 17.7. The third kappa shape index (κ3) is 2.93. The normalized spacial score (nSPS) is 29.7. The van der Waals surface area contributed by atoms with Gasteiger partial charge in [-0.3, -0.25) is 4.79 Å². The van der Waals surface area contributed by atoms with Crippen molar-refractivity contribution in [3.05, 3.63) is 47.7 Å². The molecule has 0 heterocycles. The minimum Gasteiger partial charge on any atom is -0.499 e. The highest BCUT2D eigenvalue weighted by atomic mass is 16.6. The molecule has 0 N–H and O–H groups in total. The van der Waals surface area contributed by atoms with E-state index in [1.807, 2.05) is 57.2 Å². The van der Waals surface area contributed by atoms with Crippen LogP contribution in [0.3, 0.4) is 0 Å². The lowest BCUT2D eigenvalue weighted by molar-refractivity contribution is -0.153. The van der Waals surface area contributed by atoms with Crippen molar-refractivity contribution in [2.45, 2.75) is 32.5 Å². The molecule has 1 aromatic rings. The van der Waals surface area contributed by atoms with Crippen molar-refractivity contribution < 1.29 is 19.0 Å². The van der Waals surface area contributed by atoms with Crippen LogP contribution in [0.1, 0.15) is 31.1 Å². The van der Waals surface area contributed by atoms with Gasteiger partial charge < -0.3 is 14.2 Å². The lowest BCUT2D eigenvalue weighted by Gasteiger charge is -2.50. The lowest BCUT2D eigenvalue weighted by atomic mass is 9.61. The maximum atomic E-state index is 13.2. The van der Waals surface area contributed by atoms with Gasteiger partial charge in [-0.1, -0.05) is 44.2 Å². The van der Waals surface area contributed by atoms with Crippen LogP contribution in [0.2, 0.25) is 0 Å². The number of hydrogen-bond acceptors (Lipinski definition) is 4. The molecule has 1 aromatic carbocycles. The van der Waals surface area contributed by atoms with Gasteiger partial charge >= 0.3 is 0 Å². The largest absolute Gasteiger partial charge is 0.499 e. The van der Waals surface area contributed by atoms with Crippen molar-refractivity contribution in [2.75, 3.05) is 21.3 Å². The van der Waals surface area contributed by atoms with E-state index in [1.165, 1.54) is 0 Å². The number of rotatable bonds is 5. The van der Waals surface area contributed by atoms with Crippen LogP contribution in [0.25, 0.3) is 0 Å². The molecule has 23 heavy (non-hydrogen) atoms. The highest BCUT2D eigenvalue weighted by Crippen LogP contribution is 2.49. The minimum atomic E-state index is -0.828. The molecule has 0 saturated heterocycles. The summed E-state index contributed by atoms with van der Waals surface area (Å²) in [5, 5.41) is 0. The van der Waals surface area contributed by atoms with Gasteiger partial charge in [0.15, 0.2) is 5.78 Å². The van der Waals surface area contributed by atoms with Gasteiger partial charge in [0, 0.05) is 19.8 Å². The summed E-state index contributed by atoms with van der Waals surface area (Å²) in [7, 11) is 4.84. The number of allylic oxidation sites excluding steroid dienone is 1. The van der Waals surface area contributed by atoms with Crippen LogP contribution < -0.4 is 0 Å². The number of Topliss-reactive ketones (excluding diaryl/α,β-unsaturated/α-hetero) is 1. The van der Waals surface area contributed by atoms with E-state index < -0.39 is 23.0 Å². The van der Waals surface area contributed by atoms with Crippen molar-refractivity contribution in [3.63, 3.8) is 0 Å². The number of methoxy groups -OCH3 is 3. The number of ether oxygens (including phenoxy) is 3. The highest BCUT2D eigenvalue weighted by Gasteiger charge is 2.57. The molecule has 0 spiro atoms. The van der Waals surface area contributed by atoms with Crippen molar-refractivity contribution in [1.82, 2.24) is 0 Å². The van der Waals surface area contributed by atoms with Crippen molar-refractivity contribution in [1.29, 1.82) is 0 Å². The molecule has 4 nitrogen and oxygen atoms in total. The number of benzene rings is 1. The predicted octanol–water partition coefficient (Wildman–Crippen LogP) is 3.48. The molecule has 126 valence electrons. The van der Waals surface area contributed by atoms with Crippen molar-refractivity contribution >= 4 is 5.78 Å². The zero-order valence-corrected chi connectivity index (χ0v) is 14.8. The molecule has 2 rings (SSSR count). The van der Waals surface area contributed by atoms with E-state index >= 15 is 0 Å². The Morgan fingerprint density at radius 1 is 1.04 bits per heavy atom. The molecular formula is C19H26O4. The van der Waals surface area contributed by atoms with Crippen molar-refractivity contribution in [3.8, 4) is 0 Å². The van der Waals surface area contributed by atoms with Gasteiger partial charge in [0.2, 0.25) is 0 Å². The number of carbonyl (C=O) groups excluding carboxylic acids is 1. The summed E-state index contributed by atoms with van der Waals surface area (Å²) in [6, 6.07) is 9.33. The van der Waals surface area contributed by atoms with Gasteiger partial charge in [0.1, 0.15) is 17.5 Å². The molecule has 0 radical (unpaired) electrons. The maximum Gasteiger partial charge on any atom is 0.169 e. The highest BCUT2D eigenvalue weighted by molar-refractivity contribution is 5.99. The molecule has 0 aromatic heterocycles. The summed E-state index contributed by atoms with van der Waals surface area (Å²) < 4.78 is 17.0. The van der Waals surface area contributed by atoms with E-state index in [4.69, 9.17) is 14.2 Å². The molecular weight excluding hydrogens is 292 g/mol. The number of carbonyl (C=O) groups is 1. The van der Waals surface area contributed by atoms with Gasteiger partial charge in [0.25, 0.3) is 0 Å². The predicted molar refractivity (Wildman–Crippen MR) is 89.3 cm³/mol. The monoisotopic (exact) mass is 318 g/mol. The van der Waals surface area contributed by atoms with Crippen LogP contribution in [-0.2, 0) is 14.2 Å². The first-order valence-electron chi connectivity index (χ1n) is 7.75. The third-order valence-electron chi connectivity index (χ3n) is 4.84. The van der Waals surface area contributed by atoms with E-state index in [-0.39, 0.29) is 5.78 Å². The first-order chi connectivity index (χ1) is 10.8. The van der Waals surface area contributed by atoms with Crippen LogP contribution in [0, 0.1) is 11.3 Å². The Kier molecular flexibility index (Phi) is 4.97. The average molecular weight is 318 g/mol. The lowest BCUT2D eigenvalue weighted by Crippen LogP contribution is -2.59. The summed E-state index contributed by atoms with van der Waals surface area (Å²) in [4.78, 5) is 13.2. The molecule has 0 saturated carbocycles. The summed E-state index contributed by atoms with van der Waals surface area (Å²) in [5.41, 5.74) is -0.582. The summed E-state index contributed by atoms with van der Waals surface area (Å²) in [5.74, 6) is 0.346. The molecule has 4 heteroatoms. The zero-order valence-electron chi connectivity index (χ0n) is 14.8. The Morgan fingerprint density at radius 3 is 2.13 bits per heavy atom. The smallest absolute Gasteiger partial charge is 0.169 e. The first-order valence-corrected chi connectivity index (χ1v) is 7.75. The fourth-order valence-electron chi connectivity index (χ4n) is 3.81. The van der Waals surface area contributed by atoms with E-state index in [9.17, 15) is 4.79 Å². The second-order valence-corrected chi connectivity index (χ2v) is 6.74. The SMILES string of the molecule is COC1=CC(C)(C)C(C(=O)c2ccccc2)C(C)(OC)C1OC. The van der Waals surface area contributed by atoms with E-state index in [2.05, 4.69) is 0 Å². The van der Waals surface area contributed by atoms with E-state index in [0.29, 0.717) is 11.3 Å². The van der Waals surface area contributed by atoms with Crippen molar-refractivity contribution in [2.24, 2.45) is 11.3 Å². The average Bonchev–Trinajstić information content (AvgIpc) is 2.54. The number of hydrogen-bond donors (Lipinski definition) is 0. The van der Waals surface area contributed by atoms with E-state index in [1.54, 1.807) is 21.3 Å².